The van der Waals surface area contributed by atoms with Crippen molar-refractivity contribution < 1.29 is 9.53 Å². The van der Waals surface area contributed by atoms with Gasteiger partial charge in [-0.1, -0.05) is 36.4 Å². The molecular weight excluding hydrogens is 202 g/mol. The first-order valence-electron chi connectivity index (χ1n) is 5.33. The second-order valence-electron chi connectivity index (χ2n) is 4.24. The zero-order chi connectivity index (χ0) is 10.7. The molecule has 78 valence electrons. The number of benzene rings is 2. The summed E-state index contributed by atoms with van der Waals surface area (Å²) in [6.07, 6.45) is -0.463. The molecule has 2 aliphatic rings. The van der Waals surface area contributed by atoms with Gasteiger partial charge >= 0.3 is 6.09 Å². The number of nitrogens with one attached hydrogen (secondary N) is 1. The van der Waals surface area contributed by atoms with Crippen molar-refractivity contribution in [3.8, 4) is 0 Å². The number of rotatable bonds is 0. The Bertz CT molecular complexity index is 572. The Kier molecular flexibility index (Phi) is 1.30. The summed E-state index contributed by atoms with van der Waals surface area (Å²) in [6, 6.07) is 12.3. The molecule has 0 radical (unpaired) electrons. The van der Waals surface area contributed by atoms with Crippen LogP contribution in [0.5, 0.6) is 0 Å². The number of hydrogen-bond donors (Lipinski definition) is 1. The van der Waals surface area contributed by atoms with Crippen LogP contribution in [-0.4, -0.2) is 6.09 Å². The summed E-state index contributed by atoms with van der Waals surface area (Å²) in [4.78, 5) is 11.3. The third-order valence-electron chi connectivity index (χ3n) is 3.42. The van der Waals surface area contributed by atoms with Gasteiger partial charge in [0.05, 0.1) is 6.04 Å². The normalized spacial score (nSPS) is 25.4. The molecule has 3 heteroatoms. The van der Waals surface area contributed by atoms with Gasteiger partial charge in [0.1, 0.15) is 0 Å². The smallest absolute Gasteiger partial charge is 0.408 e. The number of fused-ring (bicyclic) bond motifs is 3. The number of hydrogen-bond acceptors (Lipinski definition) is 2. The Labute approximate surface area is 92.0 Å². The highest BCUT2D eigenvalue weighted by atomic mass is 16.6. The third kappa shape index (κ3) is 0.818. The molecule has 0 saturated carbocycles. The number of ether oxygens (including phenoxy) is 1. The first kappa shape index (κ1) is 8.16. The van der Waals surface area contributed by atoms with Crippen LogP contribution in [0.15, 0.2) is 36.4 Å². The van der Waals surface area contributed by atoms with Gasteiger partial charge in [-0.2, -0.15) is 0 Å². The predicted octanol–water partition coefficient (Wildman–Crippen LogP) is 2.68. The molecule has 0 aromatic heterocycles. The van der Waals surface area contributed by atoms with E-state index in [4.69, 9.17) is 4.74 Å². The maximum Gasteiger partial charge on any atom is 0.408 e. The van der Waals surface area contributed by atoms with Crippen LogP contribution in [-0.2, 0) is 4.74 Å². The molecule has 1 heterocycles. The van der Waals surface area contributed by atoms with Crippen molar-refractivity contribution >= 4 is 16.9 Å². The van der Waals surface area contributed by atoms with E-state index < -0.39 is 0 Å². The number of carbonyl (C=O) groups excluding carboxylic acids is 1. The van der Waals surface area contributed by atoms with E-state index in [2.05, 4.69) is 23.5 Å². The summed E-state index contributed by atoms with van der Waals surface area (Å²) in [5.41, 5.74) is 2.29. The molecule has 1 fully saturated rings. The minimum Gasteiger partial charge on any atom is -0.439 e. The largest absolute Gasteiger partial charge is 0.439 e. The molecular formula is C13H9NO2. The van der Waals surface area contributed by atoms with Crippen LogP contribution in [0.2, 0.25) is 0 Å². The maximum atomic E-state index is 11.3. The lowest BCUT2D eigenvalue weighted by Gasteiger charge is -2.07. The van der Waals surface area contributed by atoms with Crippen LogP contribution in [0, 0.1) is 0 Å². The van der Waals surface area contributed by atoms with E-state index in [1.54, 1.807) is 0 Å². The van der Waals surface area contributed by atoms with Crippen molar-refractivity contribution in [1.82, 2.24) is 5.32 Å². The molecule has 1 amide bonds. The maximum absolute atomic E-state index is 11.3. The highest BCUT2D eigenvalue weighted by Gasteiger charge is 2.42. The van der Waals surface area contributed by atoms with Gasteiger partial charge in [0, 0.05) is 5.56 Å². The fraction of sp³-hybridized carbons (Fsp3) is 0.154. The van der Waals surface area contributed by atoms with E-state index in [1.165, 1.54) is 16.3 Å². The SMILES string of the molecule is O=C1N[C@H]2c3cccc4cccc(c34)[C@@H]2O1. The quantitative estimate of drug-likeness (QED) is 0.727. The molecule has 0 spiro atoms. The molecule has 0 bridgehead atoms. The predicted molar refractivity (Wildman–Crippen MR) is 59.0 cm³/mol. The number of carbonyl (C=O) groups is 1. The molecule has 4 rings (SSSR count). The summed E-state index contributed by atoms with van der Waals surface area (Å²) in [5, 5.41) is 5.31. The number of alkyl carbamates (subject to hydrolysis) is 1. The minimum absolute atomic E-state index is 0.00593. The summed E-state index contributed by atoms with van der Waals surface area (Å²) < 4.78 is 5.31. The molecule has 1 N–H and O–H groups in total. The van der Waals surface area contributed by atoms with Crippen molar-refractivity contribution in [2.75, 3.05) is 0 Å². The van der Waals surface area contributed by atoms with Gasteiger partial charge in [-0.3, -0.25) is 0 Å². The third-order valence-corrected chi connectivity index (χ3v) is 3.42. The zero-order valence-corrected chi connectivity index (χ0v) is 8.44. The summed E-state index contributed by atoms with van der Waals surface area (Å²) in [6.45, 7) is 0. The Balaban J connectivity index is 2.09. The highest BCUT2D eigenvalue weighted by Crippen LogP contribution is 2.48. The van der Waals surface area contributed by atoms with Crippen molar-refractivity contribution in [3.63, 3.8) is 0 Å². The van der Waals surface area contributed by atoms with E-state index in [1.807, 2.05) is 18.2 Å². The molecule has 16 heavy (non-hydrogen) atoms. The van der Waals surface area contributed by atoms with Crippen LogP contribution in [0.25, 0.3) is 10.8 Å². The van der Waals surface area contributed by atoms with Crippen molar-refractivity contribution in [3.05, 3.63) is 47.5 Å². The average molecular weight is 211 g/mol. The monoisotopic (exact) mass is 211 g/mol. The van der Waals surface area contributed by atoms with E-state index >= 15 is 0 Å². The van der Waals surface area contributed by atoms with E-state index in [0.717, 1.165) is 5.56 Å². The van der Waals surface area contributed by atoms with Crippen LogP contribution in [0.4, 0.5) is 4.79 Å². The van der Waals surface area contributed by atoms with Crippen LogP contribution >= 0.6 is 0 Å². The molecule has 3 nitrogen and oxygen atoms in total. The van der Waals surface area contributed by atoms with Gasteiger partial charge in [-0.15, -0.1) is 0 Å². The summed E-state index contributed by atoms with van der Waals surface area (Å²) >= 11 is 0. The van der Waals surface area contributed by atoms with E-state index in [9.17, 15) is 4.79 Å². The molecule has 1 saturated heterocycles. The van der Waals surface area contributed by atoms with Crippen molar-refractivity contribution in [2.24, 2.45) is 0 Å². The van der Waals surface area contributed by atoms with Crippen LogP contribution in [0.3, 0.4) is 0 Å². The van der Waals surface area contributed by atoms with Gasteiger partial charge in [-0.05, 0) is 16.3 Å². The van der Waals surface area contributed by atoms with Crippen LogP contribution < -0.4 is 5.32 Å². The Hall–Kier alpha value is -2.03. The Morgan fingerprint density at radius 3 is 2.62 bits per heavy atom. The lowest BCUT2D eigenvalue weighted by atomic mass is 10.0. The van der Waals surface area contributed by atoms with Crippen molar-refractivity contribution in [1.29, 1.82) is 0 Å². The van der Waals surface area contributed by atoms with Gasteiger partial charge in [0.2, 0.25) is 0 Å². The minimum atomic E-state index is -0.318. The zero-order valence-electron chi connectivity index (χ0n) is 8.44. The highest BCUT2D eigenvalue weighted by molar-refractivity contribution is 5.93. The topological polar surface area (TPSA) is 38.3 Å². The second-order valence-corrected chi connectivity index (χ2v) is 4.24. The fourth-order valence-corrected chi connectivity index (χ4v) is 2.80. The molecule has 1 aliphatic carbocycles. The lowest BCUT2D eigenvalue weighted by Crippen LogP contribution is -2.17. The average Bonchev–Trinajstić information content (AvgIpc) is 2.80. The second kappa shape index (κ2) is 2.55. The van der Waals surface area contributed by atoms with Gasteiger partial charge in [-0.25, -0.2) is 4.79 Å². The van der Waals surface area contributed by atoms with Gasteiger partial charge < -0.3 is 10.1 Å². The van der Waals surface area contributed by atoms with Gasteiger partial charge in [0.25, 0.3) is 0 Å². The summed E-state index contributed by atoms with van der Waals surface area (Å²) in [7, 11) is 0. The van der Waals surface area contributed by atoms with E-state index in [0.29, 0.717) is 0 Å². The number of amides is 1. The standard InChI is InChI=1S/C13H9NO2/c15-13-14-11-8-5-1-3-7-4-2-6-9(10(7)8)12(11)16-13/h1-6,11-12H,(H,14,15)/t11-,12-/m0/s1. The molecule has 2 atom stereocenters. The molecule has 2 aromatic rings. The van der Waals surface area contributed by atoms with Crippen molar-refractivity contribution in [2.45, 2.75) is 12.1 Å². The Morgan fingerprint density at radius 2 is 1.81 bits per heavy atom. The molecule has 0 unspecified atom stereocenters. The Morgan fingerprint density at radius 1 is 1.06 bits per heavy atom. The molecule has 2 aromatic carbocycles. The first-order chi connectivity index (χ1) is 7.84. The van der Waals surface area contributed by atoms with Crippen LogP contribution in [0.1, 0.15) is 23.3 Å². The summed E-state index contributed by atoms with van der Waals surface area (Å²) in [5.74, 6) is 0. The molecule has 1 aliphatic heterocycles. The lowest BCUT2D eigenvalue weighted by molar-refractivity contribution is 0.135. The van der Waals surface area contributed by atoms with Gasteiger partial charge in [0.15, 0.2) is 6.10 Å². The fourth-order valence-electron chi connectivity index (χ4n) is 2.80. The van der Waals surface area contributed by atoms with E-state index in [-0.39, 0.29) is 18.2 Å². The first-order valence-corrected chi connectivity index (χ1v) is 5.33.